The average Bonchev–Trinajstić information content (AvgIpc) is 2.64. The van der Waals surface area contributed by atoms with Gasteiger partial charge < -0.3 is 9.64 Å². The molecule has 102 valence electrons. The summed E-state index contributed by atoms with van der Waals surface area (Å²) in [5, 5.41) is 10.6. The largest absolute Gasteiger partial charge is 0.383 e. The molecule has 2 N–H and O–H groups in total. The number of hydrogen-bond acceptors (Lipinski definition) is 3. The van der Waals surface area contributed by atoms with Crippen LogP contribution in [0.1, 0.15) is 22.7 Å². The van der Waals surface area contributed by atoms with Crippen molar-refractivity contribution in [2.45, 2.75) is 19.9 Å². The third kappa shape index (κ3) is 2.61. The first-order valence-electron chi connectivity index (χ1n) is 6.26. The molecule has 2 amide bonds. The standard InChI is InChI=1S/C14H19N3O2/c1-9-4-5-10(2)11(8-9)12-13(15)16-14(18)17(12)6-7-19-3/h4-5,8,12H,6-7H2,1-3H3,(H2,15,16,18). The van der Waals surface area contributed by atoms with E-state index in [0.717, 1.165) is 16.7 Å². The normalized spacial score (nSPS) is 18.9. The fourth-order valence-electron chi connectivity index (χ4n) is 2.33. The Labute approximate surface area is 113 Å². The number of methoxy groups -OCH3 is 1. The number of urea groups is 1. The Balaban J connectivity index is 2.36. The lowest BCUT2D eigenvalue weighted by Crippen LogP contribution is -2.33. The molecule has 0 bridgehead atoms. The Bertz CT molecular complexity index is 513. The van der Waals surface area contributed by atoms with Gasteiger partial charge in [-0.2, -0.15) is 0 Å². The maximum Gasteiger partial charge on any atom is 0.323 e. The SMILES string of the molecule is COCCN1C(=O)NC(=N)C1c1cc(C)ccc1C. The van der Waals surface area contributed by atoms with E-state index in [1.54, 1.807) is 12.0 Å². The molecule has 5 nitrogen and oxygen atoms in total. The van der Waals surface area contributed by atoms with E-state index in [0.29, 0.717) is 13.2 Å². The molecule has 1 atom stereocenters. The molecule has 1 heterocycles. The van der Waals surface area contributed by atoms with Crippen molar-refractivity contribution in [3.05, 3.63) is 34.9 Å². The highest BCUT2D eigenvalue weighted by atomic mass is 16.5. The minimum Gasteiger partial charge on any atom is -0.383 e. The van der Waals surface area contributed by atoms with Crippen LogP contribution in [0.4, 0.5) is 4.79 Å². The minimum absolute atomic E-state index is 0.229. The third-order valence-electron chi connectivity index (χ3n) is 3.35. The van der Waals surface area contributed by atoms with Gasteiger partial charge in [-0.1, -0.05) is 23.8 Å². The van der Waals surface area contributed by atoms with Crippen molar-refractivity contribution in [2.24, 2.45) is 0 Å². The van der Waals surface area contributed by atoms with Crippen LogP contribution < -0.4 is 5.32 Å². The number of amidine groups is 1. The van der Waals surface area contributed by atoms with E-state index < -0.39 is 0 Å². The second-order valence-electron chi connectivity index (χ2n) is 4.79. The Morgan fingerprint density at radius 1 is 1.42 bits per heavy atom. The van der Waals surface area contributed by atoms with Crippen LogP contribution in [0.2, 0.25) is 0 Å². The first-order valence-corrected chi connectivity index (χ1v) is 6.26. The predicted molar refractivity (Wildman–Crippen MR) is 73.5 cm³/mol. The summed E-state index contributed by atoms with van der Waals surface area (Å²) in [7, 11) is 1.60. The Kier molecular flexibility index (Phi) is 3.85. The van der Waals surface area contributed by atoms with Gasteiger partial charge in [0.15, 0.2) is 0 Å². The maximum absolute atomic E-state index is 11.9. The number of hydrogen-bond donors (Lipinski definition) is 2. The molecule has 0 spiro atoms. The topological polar surface area (TPSA) is 65.4 Å². The number of rotatable bonds is 4. The minimum atomic E-state index is -0.331. The fourth-order valence-corrected chi connectivity index (χ4v) is 2.33. The molecule has 1 aliphatic heterocycles. The molecular formula is C14H19N3O2. The molecule has 1 saturated heterocycles. The number of amides is 2. The van der Waals surface area contributed by atoms with Gasteiger partial charge in [0.25, 0.3) is 0 Å². The zero-order valence-corrected chi connectivity index (χ0v) is 11.5. The summed E-state index contributed by atoms with van der Waals surface area (Å²) < 4.78 is 5.03. The molecule has 0 aliphatic carbocycles. The molecule has 0 saturated carbocycles. The number of carbonyl (C=O) groups excluding carboxylic acids is 1. The summed E-state index contributed by atoms with van der Waals surface area (Å²) in [5.41, 5.74) is 3.21. The zero-order chi connectivity index (χ0) is 14.0. The summed E-state index contributed by atoms with van der Waals surface area (Å²) >= 11 is 0. The average molecular weight is 261 g/mol. The van der Waals surface area contributed by atoms with Crippen LogP contribution in [0.3, 0.4) is 0 Å². The van der Waals surface area contributed by atoms with Crippen LogP contribution in [0.15, 0.2) is 18.2 Å². The predicted octanol–water partition coefficient (Wildman–Crippen LogP) is 1.99. The van der Waals surface area contributed by atoms with Crippen molar-refractivity contribution in [1.82, 2.24) is 10.2 Å². The lowest BCUT2D eigenvalue weighted by atomic mass is 9.98. The van der Waals surface area contributed by atoms with Gasteiger partial charge >= 0.3 is 6.03 Å². The van der Waals surface area contributed by atoms with Crippen LogP contribution in [-0.2, 0) is 4.74 Å². The Morgan fingerprint density at radius 3 is 2.84 bits per heavy atom. The number of benzene rings is 1. The number of carbonyl (C=O) groups is 1. The van der Waals surface area contributed by atoms with Crippen molar-refractivity contribution >= 4 is 11.9 Å². The molecule has 0 aromatic heterocycles. The first kappa shape index (κ1) is 13.5. The quantitative estimate of drug-likeness (QED) is 0.870. The third-order valence-corrected chi connectivity index (χ3v) is 3.35. The van der Waals surface area contributed by atoms with E-state index in [1.165, 1.54) is 0 Å². The summed E-state index contributed by atoms with van der Waals surface area (Å²) in [6.45, 7) is 4.94. The van der Waals surface area contributed by atoms with Crippen molar-refractivity contribution in [3.8, 4) is 0 Å². The highest BCUT2D eigenvalue weighted by Crippen LogP contribution is 2.28. The first-order chi connectivity index (χ1) is 9.04. The van der Waals surface area contributed by atoms with E-state index in [-0.39, 0.29) is 17.9 Å². The van der Waals surface area contributed by atoms with E-state index in [1.807, 2.05) is 32.0 Å². The van der Waals surface area contributed by atoms with E-state index in [2.05, 4.69) is 5.32 Å². The fraction of sp³-hybridized carbons (Fsp3) is 0.429. The second kappa shape index (κ2) is 5.40. The zero-order valence-electron chi connectivity index (χ0n) is 11.5. The second-order valence-corrected chi connectivity index (χ2v) is 4.79. The van der Waals surface area contributed by atoms with Crippen LogP contribution in [-0.4, -0.2) is 37.0 Å². The van der Waals surface area contributed by atoms with E-state index in [4.69, 9.17) is 10.1 Å². The van der Waals surface area contributed by atoms with Crippen molar-refractivity contribution in [2.75, 3.05) is 20.3 Å². The van der Waals surface area contributed by atoms with Crippen molar-refractivity contribution in [1.29, 1.82) is 5.41 Å². The summed E-state index contributed by atoms with van der Waals surface area (Å²) in [6, 6.07) is 5.53. The van der Waals surface area contributed by atoms with Gasteiger partial charge in [0, 0.05) is 13.7 Å². The monoisotopic (exact) mass is 261 g/mol. The molecule has 1 aromatic carbocycles. The maximum atomic E-state index is 11.9. The lowest BCUT2D eigenvalue weighted by Gasteiger charge is -2.24. The lowest BCUT2D eigenvalue weighted by molar-refractivity contribution is 0.150. The van der Waals surface area contributed by atoms with Crippen LogP contribution in [0.25, 0.3) is 0 Å². The van der Waals surface area contributed by atoms with Gasteiger partial charge in [0.1, 0.15) is 11.9 Å². The van der Waals surface area contributed by atoms with Gasteiger partial charge in [0.05, 0.1) is 6.61 Å². The van der Waals surface area contributed by atoms with Gasteiger partial charge in [0.2, 0.25) is 0 Å². The van der Waals surface area contributed by atoms with Crippen LogP contribution in [0.5, 0.6) is 0 Å². The molecule has 5 heteroatoms. The number of ether oxygens (including phenoxy) is 1. The van der Waals surface area contributed by atoms with Gasteiger partial charge in [-0.3, -0.25) is 10.7 Å². The molecule has 1 aromatic rings. The molecule has 0 radical (unpaired) electrons. The van der Waals surface area contributed by atoms with Crippen molar-refractivity contribution in [3.63, 3.8) is 0 Å². The number of nitrogens with zero attached hydrogens (tertiary/aromatic N) is 1. The highest BCUT2D eigenvalue weighted by Gasteiger charge is 2.37. The van der Waals surface area contributed by atoms with Gasteiger partial charge in [-0.25, -0.2) is 4.79 Å². The Hall–Kier alpha value is -1.88. The van der Waals surface area contributed by atoms with Gasteiger partial charge in [-0.05, 0) is 25.0 Å². The van der Waals surface area contributed by atoms with E-state index >= 15 is 0 Å². The number of aryl methyl sites for hydroxylation is 2. The van der Waals surface area contributed by atoms with E-state index in [9.17, 15) is 4.79 Å². The smallest absolute Gasteiger partial charge is 0.323 e. The van der Waals surface area contributed by atoms with Crippen molar-refractivity contribution < 1.29 is 9.53 Å². The summed E-state index contributed by atoms with van der Waals surface area (Å²) in [6.07, 6.45) is 0. The number of nitrogens with one attached hydrogen (secondary N) is 2. The molecular weight excluding hydrogens is 242 g/mol. The summed E-state index contributed by atoms with van der Waals surface area (Å²) in [4.78, 5) is 13.5. The van der Waals surface area contributed by atoms with Crippen LogP contribution in [0, 0.1) is 19.3 Å². The molecule has 1 fully saturated rings. The Morgan fingerprint density at radius 2 is 2.16 bits per heavy atom. The summed E-state index contributed by atoms with van der Waals surface area (Å²) in [5.74, 6) is 0.231. The molecule has 1 unspecified atom stereocenters. The molecule has 1 aliphatic rings. The molecule has 2 rings (SSSR count). The highest BCUT2D eigenvalue weighted by molar-refractivity contribution is 6.06. The van der Waals surface area contributed by atoms with Gasteiger partial charge in [-0.15, -0.1) is 0 Å². The molecule has 19 heavy (non-hydrogen) atoms. The van der Waals surface area contributed by atoms with Crippen LogP contribution >= 0.6 is 0 Å².